The molecule has 2 nitrogen and oxygen atoms in total. The van der Waals surface area contributed by atoms with Crippen LogP contribution in [0.1, 0.15) is 39.5 Å². The van der Waals surface area contributed by atoms with E-state index in [1.54, 1.807) is 0 Å². The van der Waals surface area contributed by atoms with Gasteiger partial charge in [0.05, 0.1) is 0 Å². The van der Waals surface area contributed by atoms with Crippen molar-refractivity contribution in [2.75, 3.05) is 13.1 Å². The van der Waals surface area contributed by atoms with E-state index in [4.69, 9.17) is 0 Å². The van der Waals surface area contributed by atoms with Gasteiger partial charge in [0.25, 0.3) is 0 Å². The second-order valence-electron chi connectivity index (χ2n) is 5.20. The van der Waals surface area contributed by atoms with Gasteiger partial charge in [-0.1, -0.05) is 20.3 Å². The first-order valence-corrected chi connectivity index (χ1v) is 5.39. The van der Waals surface area contributed by atoms with Gasteiger partial charge in [0.2, 0.25) is 5.91 Å². The minimum atomic E-state index is 0.368. The number of carbonyl (C=O) groups excluding carboxylic acids is 1. The van der Waals surface area contributed by atoms with E-state index in [2.05, 4.69) is 13.8 Å². The van der Waals surface area contributed by atoms with Crippen LogP contribution in [0.25, 0.3) is 0 Å². The third-order valence-electron chi connectivity index (χ3n) is 3.40. The normalized spacial score (nSPS) is 24.4. The molecule has 0 aromatic heterocycles. The first-order valence-electron chi connectivity index (χ1n) is 5.39. The van der Waals surface area contributed by atoms with Gasteiger partial charge < -0.3 is 4.90 Å². The van der Waals surface area contributed by atoms with Crippen LogP contribution in [0, 0.1) is 11.3 Å². The molecular formula is C11H19NO. The van der Waals surface area contributed by atoms with Crippen molar-refractivity contribution in [2.24, 2.45) is 11.3 Å². The quantitative estimate of drug-likeness (QED) is 0.638. The molecule has 0 atom stereocenters. The third kappa shape index (κ3) is 1.59. The SMILES string of the molecule is CC(C)CC(=O)N1CC2(CCC2)C1. The summed E-state index contributed by atoms with van der Waals surface area (Å²) in [6.07, 6.45) is 4.83. The summed E-state index contributed by atoms with van der Waals surface area (Å²) in [5, 5.41) is 0. The fourth-order valence-electron chi connectivity index (χ4n) is 2.41. The van der Waals surface area contributed by atoms with Crippen LogP contribution in [0.2, 0.25) is 0 Å². The van der Waals surface area contributed by atoms with E-state index < -0.39 is 0 Å². The number of amides is 1. The molecule has 1 spiro atoms. The van der Waals surface area contributed by atoms with Crippen LogP contribution in [0.15, 0.2) is 0 Å². The second kappa shape index (κ2) is 3.00. The zero-order chi connectivity index (χ0) is 9.47. The van der Waals surface area contributed by atoms with Crippen LogP contribution >= 0.6 is 0 Å². The summed E-state index contributed by atoms with van der Waals surface area (Å²) in [6.45, 7) is 6.32. The Balaban J connectivity index is 1.76. The molecule has 1 amide bonds. The van der Waals surface area contributed by atoms with Gasteiger partial charge in [0, 0.05) is 24.9 Å². The first kappa shape index (κ1) is 9.04. The van der Waals surface area contributed by atoms with E-state index in [1.165, 1.54) is 19.3 Å². The summed E-state index contributed by atoms with van der Waals surface area (Å²) in [4.78, 5) is 13.6. The summed E-state index contributed by atoms with van der Waals surface area (Å²) in [5.41, 5.74) is 0.590. The highest BCUT2D eigenvalue weighted by Crippen LogP contribution is 2.48. The van der Waals surface area contributed by atoms with Gasteiger partial charge in [-0.15, -0.1) is 0 Å². The zero-order valence-corrected chi connectivity index (χ0v) is 8.68. The standard InChI is InChI=1S/C11H19NO/c1-9(2)6-10(13)12-7-11(8-12)4-3-5-11/h9H,3-8H2,1-2H3. The second-order valence-corrected chi connectivity index (χ2v) is 5.20. The molecule has 13 heavy (non-hydrogen) atoms. The Bertz CT molecular complexity index is 210. The Morgan fingerprint density at radius 3 is 2.38 bits per heavy atom. The number of carbonyl (C=O) groups is 1. The summed E-state index contributed by atoms with van der Waals surface area (Å²) in [5.74, 6) is 0.873. The molecule has 0 aromatic carbocycles. The molecule has 0 bridgehead atoms. The van der Waals surface area contributed by atoms with Crippen molar-refractivity contribution in [3.63, 3.8) is 0 Å². The van der Waals surface area contributed by atoms with E-state index in [-0.39, 0.29) is 0 Å². The van der Waals surface area contributed by atoms with Crippen LogP contribution in [0.5, 0.6) is 0 Å². The highest BCUT2D eigenvalue weighted by Gasteiger charge is 2.48. The molecule has 2 rings (SSSR count). The molecule has 1 aliphatic carbocycles. The molecule has 0 radical (unpaired) electrons. The molecule has 2 fully saturated rings. The Morgan fingerprint density at radius 2 is 2.00 bits per heavy atom. The number of nitrogens with zero attached hydrogens (tertiary/aromatic N) is 1. The molecule has 0 unspecified atom stereocenters. The van der Waals surface area contributed by atoms with Crippen LogP contribution in [0.4, 0.5) is 0 Å². The fourth-order valence-corrected chi connectivity index (χ4v) is 2.41. The average molecular weight is 181 g/mol. The molecule has 1 aliphatic heterocycles. The minimum Gasteiger partial charge on any atom is -0.341 e. The van der Waals surface area contributed by atoms with Gasteiger partial charge >= 0.3 is 0 Å². The predicted octanol–water partition coefficient (Wildman–Crippen LogP) is 2.04. The zero-order valence-electron chi connectivity index (χ0n) is 8.68. The van der Waals surface area contributed by atoms with Crippen LogP contribution in [-0.2, 0) is 4.79 Å². The summed E-state index contributed by atoms with van der Waals surface area (Å²) >= 11 is 0. The van der Waals surface area contributed by atoms with E-state index >= 15 is 0 Å². The fraction of sp³-hybridized carbons (Fsp3) is 0.909. The van der Waals surface area contributed by atoms with Gasteiger partial charge in [0.15, 0.2) is 0 Å². The van der Waals surface area contributed by atoms with E-state index in [1.807, 2.05) is 4.90 Å². The first-order chi connectivity index (χ1) is 6.11. The van der Waals surface area contributed by atoms with Crippen LogP contribution < -0.4 is 0 Å². The van der Waals surface area contributed by atoms with E-state index in [9.17, 15) is 4.79 Å². The molecule has 74 valence electrons. The molecule has 1 saturated heterocycles. The lowest BCUT2D eigenvalue weighted by atomic mass is 9.63. The summed E-state index contributed by atoms with van der Waals surface area (Å²) < 4.78 is 0. The van der Waals surface area contributed by atoms with Crippen molar-refractivity contribution in [3.8, 4) is 0 Å². The molecular weight excluding hydrogens is 162 g/mol. The number of likely N-dealkylation sites (tertiary alicyclic amines) is 1. The van der Waals surface area contributed by atoms with Crippen molar-refractivity contribution in [1.29, 1.82) is 0 Å². The topological polar surface area (TPSA) is 20.3 Å². The third-order valence-corrected chi connectivity index (χ3v) is 3.40. The summed E-state index contributed by atoms with van der Waals surface area (Å²) in [7, 11) is 0. The smallest absolute Gasteiger partial charge is 0.222 e. The molecule has 0 aromatic rings. The highest BCUT2D eigenvalue weighted by molar-refractivity contribution is 5.77. The largest absolute Gasteiger partial charge is 0.341 e. The Hall–Kier alpha value is -0.530. The summed E-state index contributed by atoms with van der Waals surface area (Å²) in [6, 6.07) is 0. The van der Waals surface area contributed by atoms with Crippen molar-refractivity contribution in [1.82, 2.24) is 4.90 Å². The lowest BCUT2D eigenvalue weighted by molar-refractivity contribution is -0.150. The monoisotopic (exact) mass is 181 g/mol. The minimum absolute atomic E-state index is 0.368. The van der Waals surface area contributed by atoms with Gasteiger partial charge in [0.1, 0.15) is 0 Å². The van der Waals surface area contributed by atoms with Gasteiger partial charge in [-0.2, -0.15) is 0 Å². The Morgan fingerprint density at radius 1 is 1.38 bits per heavy atom. The van der Waals surface area contributed by atoms with Crippen molar-refractivity contribution < 1.29 is 4.79 Å². The lowest BCUT2D eigenvalue weighted by Gasteiger charge is -2.56. The van der Waals surface area contributed by atoms with Gasteiger partial charge in [-0.05, 0) is 18.8 Å². The number of hydrogen-bond donors (Lipinski definition) is 0. The van der Waals surface area contributed by atoms with E-state index in [0.717, 1.165) is 19.5 Å². The van der Waals surface area contributed by atoms with Crippen LogP contribution in [0.3, 0.4) is 0 Å². The maximum absolute atomic E-state index is 11.6. The average Bonchev–Trinajstić information content (AvgIpc) is 1.77. The van der Waals surface area contributed by atoms with Gasteiger partial charge in [-0.25, -0.2) is 0 Å². The van der Waals surface area contributed by atoms with Crippen molar-refractivity contribution in [3.05, 3.63) is 0 Å². The number of rotatable bonds is 2. The Kier molecular flexibility index (Phi) is 2.09. The highest BCUT2D eigenvalue weighted by atomic mass is 16.2. The Labute approximate surface area is 80.3 Å². The van der Waals surface area contributed by atoms with Crippen molar-refractivity contribution >= 4 is 5.91 Å². The van der Waals surface area contributed by atoms with Crippen LogP contribution in [-0.4, -0.2) is 23.9 Å². The lowest BCUT2D eigenvalue weighted by Crippen LogP contribution is -2.61. The maximum atomic E-state index is 11.6. The van der Waals surface area contributed by atoms with Gasteiger partial charge in [-0.3, -0.25) is 4.79 Å². The molecule has 2 aliphatic rings. The molecule has 0 N–H and O–H groups in total. The molecule has 2 heteroatoms. The number of hydrogen-bond acceptors (Lipinski definition) is 1. The maximum Gasteiger partial charge on any atom is 0.222 e. The van der Waals surface area contributed by atoms with E-state index in [0.29, 0.717) is 17.2 Å². The predicted molar refractivity (Wildman–Crippen MR) is 52.3 cm³/mol. The molecule has 1 heterocycles. The van der Waals surface area contributed by atoms with Crippen molar-refractivity contribution in [2.45, 2.75) is 39.5 Å². The molecule has 1 saturated carbocycles.